The fourth-order valence-corrected chi connectivity index (χ4v) is 3.97. The standard InChI is InChI=1S/C15H11BrO6S/c1-8-6-11-12(22-15(21-11)14(17)18)7-13(8)23(19,20)10-4-2-9(16)3-5-10/h2-7,15H,1H3,(H,17,18). The number of halogens is 1. The SMILES string of the molecule is Cc1cc2c(cc1S(=O)(=O)c1ccc(Br)cc1)OC(C(=O)O)O2. The fraction of sp³-hybridized carbons (Fsp3) is 0.133. The van der Waals surface area contributed by atoms with Crippen molar-refractivity contribution in [3.8, 4) is 11.5 Å². The van der Waals surface area contributed by atoms with Crippen LogP contribution in [0.5, 0.6) is 11.5 Å². The number of sulfone groups is 1. The van der Waals surface area contributed by atoms with Gasteiger partial charge in [0.15, 0.2) is 11.5 Å². The summed E-state index contributed by atoms with van der Waals surface area (Å²) in [5.74, 6) is -0.973. The molecule has 1 N–H and O–H groups in total. The predicted molar refractivity (Wildman–Crippen MR) is 83.5 cm³/mol. The Bertz CT molecular complexity index is 889. The van der Waals surface area contributed by atoms with Crippen LogP contribution in [0, 0.1) is 6.92 Å². The van der Waals surface area contributed by atoms with Gasteiger partial charge in [-0.25, -0.2) is 13.2 Å². The molecule has 2 aromatic rings. The number of rotatable bonds is 3. The van der Waals surface area contributed by atoms with Crippen LogP contribution in [0.3, 0.4) is 0 Å². The third-order valence-corrected chi connectivity index (χ3v) is 5.76. The number of aryl methyl sites for hydroxylation is 1. The van der Waals surface area contributed by atoms with Gasteiger partial charge in [0, 0.05) is 10.5 Å². The second kappa shape index (κ2) is 5.54. The largest absolute Gasteiger partial charge is 0.476 e. The fourth-order valence-electron chi connectivity index (χ4n) is 2.21. The van der Waals surface area contributed by atoms with Crippen molar-refractivity contribution in [3.05, 3.63) is 46.4 Å². The van der Waals surface area contributed by atoms with E-state index in [2.05, 4.69) is 15.9 Å². The molecule has 1 atom stereocenters. The maximum Gasteiger partial charge on any atom is 0.387 e. The molecule has 0 amide bonds. The zero-order valence-corrected chi connectivity index (χ0v) is 14.2. The quantitative estimate of drug-likeness (QED) is 0.854. The lowest BCUT2D eigenvalue weighted by Gasteiger charge is -2.09. The molecular weight excluding hydrogens is 388 g/mol. The van der Waals surface area contributed by atoms with E-state index in [1.807, 2.05) is 0 Å². The summed E-state index contributed by atoms with van der Waals surface area (Å²) in [6.07, 6.45) is -1.46. The van der Waals surface area contributed by atoms with Crippen LogP contribution in [0.2, 0.25) is 0 Å². The van der Waals surface area contributed by atoms with Gasteiger partial charge in [-0.15, -0.1) is 0 Å². The number of carboxylic acids is 1. The van der Waals surface area contributed by atoms with Crippen molar-refractivity contribution in [3.63, 3.8) is 0 Å². The minimum atomic E-state index is -3.75. The number of benzene rings is 2. The first-order valence-electron chi connectivity index (χ1n) is 6.50. The minimum Gasteiger partial charge on any atom is -0.476 e. The highest BCUT2D eigenvalue weighted by molar-refractivity contribution is 9.10. The van der Waals surface area contributed by atoms with Gasteiger partial charge < -0.3 is 14.6 Å². The summed E-state index contributed by atoms with van der Waals surface area (Å²) in [6.45, 7) is 1.61. The zero-order valence-electron chi connectivity index (χ0n) is 11.8. The van der Waals surface area contributed by atoms with Crippen molar-refractivity contribution in [1.29, 1.82) is 0 Å². The number of carboxylic acid groups (broad SMARTS) is 1. The van der Waals surface area contributed by atoms with Gasteiger partial charge in [0.1, 0.15) is 0 Å². The van der Waals surface area contributed by atoms with E-state index in [0.29, 0.717) is 5.56 Å². The van der Waals surface area contributed by atoms with Crippen molar-refractivity contribution < 1.29 is 27.8 Å². The molecule has 0 bridgehead atoms. The van der Waals surface area contributed by atoms with E-state index >= 15 is 0 Å². The molecular formula is C15H11BrO6S. The Labute approximate surface area is 140 Å². The smallest absolute Gasteiger partial charge is 0.387 e. The second-order valence-electron chi connectivity index (χ2n) is 4.93. The molecule has 0 saturated heterocycles. The number of carbonyl (C=O) groups is 1. The van der Waals surface area contributed by atoms with Crippen LogP contribution < -0.4 is 9.47 Å². The van der Waals surface area contributed by atoms with E-state index in [1.165, 1.54) is 24.3 Å². The Balaban J connectivity index is 2.06. The molecule has 0 fully saturated rings. The molecule has 2 aromatic carbocycles. The van der Waals surface area contributed by atoms with Gasteiger partial charge in [-0.2, -0.15) is 0 Å². The van der Waals surface area contributed by atoms with Gasteiger partial charge >= 0.3 is 12.3 Å². The van der Waals surface area contributed by atoms with Crippen molar-refractivity contribution in [2.24, 2.45) is 0 Å². The molecule has 1 unspecified atom stereocenters. The van der Waals surface area contributed by atoms with Crippen LogP contribution in [-0.2, 0) is 14.6 Å². The third-order valence-electron chi connectivity index (χ3n) is 3.32. The first-order valence-corrected chi connectivity index (χ1v) is 8.78. The van der Waals surface area contributed by atoms with Gasteiger partial charge in [-0.05, 0) is 42.8 Å². The Morgan fingerprint density at radius 2 is 1.70 bits per heavy atom. The number of aliphatic carboxylic acids is 1. The summed E-state index contributed by atoms with van der Waals surface area (Å²) in [4.78, 5) is 11.1. The van der Waals surface area contributed by atoms with Gasteiger partial charge in [-0.1, -0.05) is 15.9 Å². The summed E-state index contributed by atoms with van der Waals surface area (Å²) in [5, 5.41) is 8.92. The monoisotopic (exact) mass is 398 g/mol. The summed E-state index contributed by atoms with van der Waals surface area (Å²) in [5.41, 5.74) is 0.446. The van der Waals surface area contributed by atoms with Crippen LogP contribution in [0.25, 0.3) is 0 Å². The highest BCUT2D eigenvalue weighted by atomic mass is 79.9. The molecule has 1 aliphatic rings. The lowest BCUT2D eigenvalue weighted by molar-refractivity contribution is -0.154. The number of fused-ring (bicyclic) bond motifs is 1. The molecule has 0 aromatic heterocycles. The summed E-state index contributed by atoms with van der Waals surface area (Å²) in [6, 6.07) is 9.01. The van der Waals surface area contributed by atoms with Gasteiger partial charge in [0.2, 0.25) is 9.84 Å². The van der Waals surface area contributed by atoms with Gasteiger partial charge in [-0.3, -0.25) is 0 Å². The van der Waals surface area contributed by atoms with Crippen LogP contribution in [0.1, 0.15) is 5.56 Å². The van der Waals surface area contributed by atoms with Crippen molar-refractivity contribution in [2.45, 2.75) is 23.0 Å². The van der Waals surface area contributed by atoms with Crippen molar-refractivity contribution >= 4 is 31.7 Å². The van der Waals surface area contributed by atoms with E-state index in [9.17, 15) is 13.2 Å². The van der Waals surface area contributed by atoms with Crippen molar-refractivity contribution in [1.82, 2.24) is 0 Å². The average Bonchev–Trinajstić information content (AvgIpc) is 2.90. The molecule has 0 saturated carbocycles. The molecule has 6 nitrogen and oxygen atoms in total. The van der Waals surface area contributed by atoms with Crippen molar-refractivity contribution in [2.75, 3.05) is 0 Å². The van der Waals surface area contributed by atoms with Crippen LogP contribution in [-0.4, -0.2) is 25.8 Å². The average molecular weight is 399 g/mol. The normalized spacial score (nSPS) is 16.3. The van der Waals surface area contributed by atoms with E-state index in [1.54, 1.807) is 19.1 Å². The Kier molecular flexibility index (Phi) is 3.81. The predicted octanol–water partition coefficient (Wildman–Crippen LogP) is 2.77. The lowest BCUT2D eigenvalue weighted by Crippen LogP contribution is -2.28. The first-order chi connectivity index (χ1) is 10.8. The summed E-state index contributed by atoms with van der Waals surface area (Å²) >= 11 is 3.26. The third kappa shape index (κ3) is 2.79. The number of ether oxygens (including phenoxy) is 2. The molecule has 3 rings (SSSR count). The molecule has 120 valence electrons. The number of hydrogen-bond donors (Lipinski definition) is 1. The zero-order chi connectivity index (χ0) is 16.8. The molecule has 0 radical (unpaired) electrons. The van der Waals surface area contributed by atoms with E-state index in [-0.39, 0.29) is 21.3 Å². The maximum absolute atomic E-state index is 12.8. The second-order valence-corrected chi connectivity index (χ2v) is 7.76. The Morgan fingerprint density at radius 3 is 2.26 bits per heavy atom. The van der Waals surface area contributed by atoms with Gasteiger partial charge in [0.25, 0.3) is 0 Å². The molecule has 0 aliphatic carbocycles. The first kappa shape index (κ1) is 15.8. The molecule has 8 heteroatoms. The molecule has 1 aliphatic heterocycles. The minimum absolute atomic E-state index is 0.0493. The Hall–Kier alpha value is -2.06. The highest BCUT2D eigenvalue weighted by Crippen LogP contribution is 2.39. The van der Waals surface area contributed by atoms with Gasteiger partial charge in [0.05, 0.1) is 9.79 Å². The van der Waals surface area contributed by atoms with Crippen LogP contribution in [0.15, 0.2) is 50.7 Å². The van der Waals surface area contributed by atoms with E-state index < -0.39 is 22.1 Å². The summed E-state index contributed by atoms with van der Waals surface area (Å²) in [7, 11) is -3.75. The number of hydrogen-bond acceptors (Lipinski definition) is 5. The summed E-state index contributed by atoms with van der Waals surface area (Å²) < 4.78 is 36.5. The maximum atomic E-state index is 12.8. The van der Waals surface area contributed by atoms with E-state index in [4.69, 9.17) is 14.6 Å². The molecule has 1 heterocycles. The topological polar surface area (TPSA) is 89.9 Å². The van der Waals surface area contributed by atoms with E-state index in [0.717, 1.165) is 4.47 Å². The van der Waals surface area contributed by atoms with Crippen LogP contribution in [0.4, 0.5) is 0 Å². The highest BCUT2D eigenvalue weighted by Gasteiger charge is 2.33. The molecule has 23 heavy (non-hydrogen) atoms. The Morgan fingerprint density at radius 1 is 1.13 bits per heavy atom. The van der Waals surface area contributed by atoms with Crippen LogP contribution >= 0.6 is 15.9 Å². The lowest BCUT2D eigenvalue weighted by atomic mass is 10.2. The molecule has 0 spiro atoms.